The number of hydrogen-bond donors (Lipinski definition) is 0. The lowest BCUT2D eigenvalue weighted by atomic mass is 10.0. The second kappa shape index (κ2) is 16.6. The Morgan fingerprint density at radius 1 is 0.483 bits per heavy atom. The molecule has 0 unspecified atom stereocenters. The number of benzene rings is 2. The highest BCUT2D eigenvalue weighted by atomic mass is 32.2. The standard InChI is InChI=1S/C28H42S/c1-2-3-4-5-6-7-8-9-10-11-12-13-14-16-19-26-22-24-28(25-23-26)29-27-20-17-15-18-21-27/h15,17-18,20-25H,2-14,16,19H2,1H3. The second-order valence-corrected chi connectivity index (χ2v) is 9.55. The Kier molecular flexibility index (Phi) is 13.8. The summed E-state index contributed by atoms with van der Waals surface area (Å²) in [4.78, 5) is 2.65. The summed E-state index contributed by atoms with van der Waals surface area (Å²) in [5.41, 5.74) is 1.49. The van der Waals surface area contributed by atoms with Crippen molar-refractivity contribution in [2.45, 2.75) is 113 Å². The number of rotatable bonds is 17. The van der Waals surface area contributed by atoms with E-state index < -0.39 is 0 Å². The summed E-state index contributed by atoms with van der Waals surface area (Å²) in [7, 11) is 0. The molecular weight excluding hydrogens is 368 g/mol. The molecule has 0 saturated carbocycles. The van der Waals surface area contributed by atoms with Gasteiger partial charge >= 0.3 is 0 Å². The predicted molar refractivity (Wildman–Crippen MR) is 131 cm³/mol. The molecule has 2 aromatic carbocycles. The Labute approximate surface area is 184 Å². The highest BCUT2D eigenvalue weighted by Gasteiger charge is 1.99. The molecule has 0 radical (unpaired) electrons. The molecule has 0 bridgehead atoms. The van der Waals surface area contributed by atoms with Crippen molar-refractivity contribution in [1.29, 1.82) is 0 Å². The fraction of sp³-hybridized carbons (Fsp3) is 0.571. The topological polar surface area (TPSA) is 0 Å². The molecule has 0 aliphatic rings. The molecular formula is C28H42S. The maximum absolute atomic E-state index is 2.31. The number of aryl methyl sites for hydroxylation is 1. The maximum atomic E-state index is 2.31. The molecule has 0 atom stereocenters. The van der Waals surface area contributed by atoms with Gasteiger partial charge in [-0.25, -0.2) is 0 Å². The lowest BCUT2D eigenvalue weighted by Crippen LogP contribution is -1.87. The fourth-order valence-corrected chi connectivity index (χ4v) is 4.71. The molecule has 160 valence electrons. The van der Waals surface area contributed by atoms with Crippen LogP contribution in [-0.2, 0) is 6.42 Å². The summed E-state index contributed by atoms with van der Waals surface area (Å²) in [6.45, 7) is 2.30. The Morgan fingerprint density at radius 3 is 1.45 bits per heavy atom. The molecule has 0 saturated heterocycles. The third-order valence-corrected chi connectivity index (χ3v) is 6.74. The van der Waals surface area contributed by atoms with E-state index in [0.717, 1.165) is 0 Å². The maximum Gasteiger partial charge on any atom is 0.0122 e. The van der Waals surface area contributed by atoms with E-state index in [1.54, 1.807) is 0 Å². The second-order valence-electron chi connectivity index (χ2n) is 8.41. The van der Waals surface area contributed by atoms with Gasteiger partial charge in [-0.1, -0.05) is 132 Å². The Balaban J connectivity index is 1.41. The van der Waals surface area contributed by atoms with Crippen LogP contribution in [0.25, 0.3) is 0 Å². The van der Waals surface area contributed by atoms with Crippen LogP contribution in [0.15, 0.2) is 64.4 Å². The quantitative estimate of drug-likeness (QED) is 0.234. The van der Waals surface area contributed by atoms with Crippen LogP contribution in [0.3, 0.4) is 0 Å². The van der Waals surface area contributed by atoms with E-state index in [9.17, 15) is 0 Å². The van der Waals surface area contributed by atoms with Gasteiger partial charge in [0.05, 0.1) is 0 Å². The van der Waals surface area contributed by atoms with Gasteiger partial charge in [-0.05, 0) is 42.7 Å². The molecule has 0 aromatic heterocycles. The Bertz CT molecular complexity index is 602. The van der Waals surface area contributed by atoms with Crippen LogP contribution in [0, 0.1) is 0 Å². The van der Waals surface area contributed by atoms with Gasteiger partial charge in [0.2, 0.25) is 0 Å². The molecule has 0 aliphatic heterocycles. The average molecular weight is 411 g/mol. The highest BCUT2D eigenvalue weighted by molar-refractivity contribution is 7.99. The molecule has 1 heteroatoms. The zero-order valence-corrected chi connectivity index (χ0v) is 19.5. The van der Waals surface area contributed by atoms with Crippen LogP contribution < -0.4 is 0 Å². The van der Waals surface area contributed by atoms with Crippen molar-refractivity contribution in [1.82, 2.24) is 0 Å². The largest absolute Gasteiger partial charge is 0.0901 e. The van der Waals surface area contributed by atoms with Crippen LogP contribution in [-0.4, -0.2) is 0 Å². The van der Waals surface area contributed by atoms with Gasteiger partial charge in [-0.2, -0.15) is 0 Å². The summed E-state index contributed by atoms with van der Waals surface area (Å²) < 4.78 is 0. The van der Waals surface area contributed by atoms with Gasteiger partial charge in [0.15, 0.2) is 0 Å². The van der Waals surface area contributed by atoms with Crippen molar-refractivity contribution >= 4 is 11.8 Å². The fourth-order valence-electron chi connectivity index (χ4n) is 3.87. The van der Waals surface area contributed by atoms with Crippen molar-refractivity contribution in [2.24, 2.45) is 0 Å². The van der Waals surface area contributed by atoms with Crippen molar-refractivity contribution in [3.8, 4) is 0 Å². The zero-order valence-electron chi connectivity index (χ0n) is 18.7. The molecule has 0 N–H and O–H groups in total. The molecule has 0 aliphatic carbocycles. The molecule has 0 fully saturated rings. The first-order chi connectivity index (χ1) is 14.4. The lowest BCUT2D eigenvalue weighted by Gasteiger charge is -2.05. The van der Waals surface area contributed by atoms with Crippen molar-refractivity contribution in [2.75, 3.05) is 0 Å². The average Bonchev–Trinajstić information content (AvgIpc) is 2.76. The van der Waals surface area contributed by atoms with Crippen LogP contribution in [0.2, 0.25) is 0 Å². The van der Waals surface area contributed by atoms with Crippen LogP contribution >= 0.6 is 11.8 Å². The normalized spacial score (nSPS) is 11.1. The molecule has 29 heavy (non-hydrogen) atoms. The summed E-state index contributed by atoms with van der Waals surface area (Å²) >= 11 is 1.84. The molecule has 0 nitrogen and oxygen atoms in total. The third kappa shape index (κ3) is 12.2. The minimum absolute atomic E-state index is 1.23. The highest BCUT2D eigenvalue weighted by Crippen LogP contribution is 2.27. The smallest absolute Gasteiger partial charge is 0.0122 e. The van der Waals surface area contributed by atoms with Gasteiger partial charge in [0.1, 0.15) is 0 Å². The Morgan fingerprint density at radius 2 is 0.931 bits per heavy atom. The van der Waals surface area contributed by atoms with Crippen LogP contribution in [0.5, 0.6) is 0 Å². The van der Waals surface area contributed by atoms with Gasteiger partial charge in [-0.3, -0.25) is 0 Å². The van der Waals surface area contributed by atoms with E-state index in [1.807, 2.05) is 11.8 Å². The molecule has 2 aromatic rings. The monoisotopic (exact) mass is 410 g/mol. The van der Waals surface area contributed by atoms with E-state index in [4.69, 9.17) is 0 Å². The zero-order chi connectivity index (χ0) is 20.4. The van der Waals surface area contributed by atoms with Crippen LogP contribution in [0.4, 0.5) is 0 Å². The van der Waals surface area contributed by atoms with Gasteiger partial charge in [0.25, 0.3) is 0 Å². The van der Waals surface area contributed by atoms with Crippen molar-refractivity contribution < 1.29 is 0 Å². The summed E-state index contributed by atoms with van der Waals surface area (Å²) in [6.07, 6.45) is 21.3. The Hall–Kier alpha value is -1.21. The van der Waals surface area contributed by atoms with E-state index in [0.29, 0.717) is 0 Å². The summed E-state index contributed by atoms with van der Waals surface area (Å²) in [5.74, 6) is 0. The minimum atomic E-state index is 1.23. The first-order valence-corrected chi connectivity index (χ1v) is 13.0. The van der Waals surface area contributed by atoms with Gasteiger partial charge < -0.3 is 0 Å². The summed E-state index contributed by atoms with van der Waals surface area (Å²) in [6, 6.07) is 19.8. The minimum Gasteiger partial charge on any atom is -0.0901 e. The lowest BCUT2D eigenvalue weighted by molar-refractivity contribution is 0.535. The first kappa shape index (κ1) is 24.1. The van der Waals surface area contributed by atoms with Crippen molar-refractivity contribution in [3.63, 3.8) is 0 Å². The van der Waals surface area contributed by atoms with Crippen LogP contribution in [0.1, 0.15) is 102 Å². The summed E-state index contributed by atoms with van der Waals surface area (Å²) in [5, 5.41) is 0. The number of unbranched alkanes of at least 4 members (excludes halogenated alkanes) is 13. The third-order valence-electron chi connectivity index (χ3n) is 5.72. The van der Waals surface area contributed by atoms with E-state index >= 15 is 0 Å². The van der Waals surface area contributed by atoms with E-state index in [-0.39, 0.29) is 0 Å². The molecule has 0 amide bonds. The van der Waals surface area contributed by atoms with E-state index in [2.05, 4.69) is 61.5 Å². The van der Waals surface area contributed by atoms with Gasteiger partial charge in [0, 0.05) is 9.79 Å². The molecule has 2 rings (SSSR count). The van der Waals surface area contributed by atoms with Gasteiger partial charge in [-0.15, -0.1) is 0 Å². The number of hydrogen-bond acceptors (Lipinski definition) is 1. The first-order valence-electron chi connectivity index (χ1n) is 12.2. The van der Waals surface area contributed by atoms with Crippen molar-refractivity contribution in [3.05, 3.63) is 60.2 Å². The molecule has 0 spiro atoms. The predicted octanol–water partition coefficient (Wildman–Crippen LogP) is 9.86. The van der Waals surface area contributed by atoms with E-state index in [1.165, 1.54) is 112 Å². The molecule has 0 heterocycles. The SMILES string of the molecule is CCCCCCCCCCCCCCCCc1ccc(Sc2ccccc2)cc1.